The van der Waals surface area contributed by atoms with Gasteiger partial charge in [0.05, 0.1) is 11.2 Å². The highest BCUT2D eigenvalue weighted by Gasteiger charge is 2.49. The van der Waals surface area contributed by atoms with Crippen LogP contribution in [0.3, 0.4) is 0 Å². The van der Waals surface area contributed by atoms with Crippen LogP contribution < -0.4 is 20.0 Å². The third-order valence-corrected chi connectivity index (χ3v) is 5.92. The van der Waals surface area contributed by atoms with E-state index >= 15 is 0 Å². The Kier molecular flexibility index (Phi) is 5.03. The number of aliphatic hydroxyl groups is 1. The number of benzene rings is 1. The molecule has 0 aliphatic carbocycles. The van der Waals surface area contributed by atoms with Crippen LogP contribution in [0.15, 0.2) is 42.4 Å². The summed E-state index contributed by atoms with van der Waals surface area (Å²) in [5.41, 5.74) is -0.638. The van der Waals surface area contributed by atoms with Gasteiger partial charge in [0.25, 0.3) is 0 Å². The maximum absolute atomic E-state index is 12.8. The Labute approximate surface area is 187 Å². The second-order valence-electron chi connectivity index (χ2n) is 8.05. The summed E-state index contributed by atoms with van der Waals surface area (Å²) in [6, 6.07) is 5.18. The maximum atomic E-state index is 12.8. The number of rotatable bonds is 2. The lowest BCUT2D eigenvalue weighted by Gasteiger charge is -2.35. The lowest BCUT2D eigenvalue weighted by Crippen LogP contribution is -2.35. The van der Waals surface area contributed by atoms with Crippen molar-refractivity contribution in [3.8, 4) is 29.2 Å². The van der Waals surface area contributed by atoms with Crippen LogP contribution in [0.5, 0.6) is 17.4 Å². The van der Waals surface area contributed by atoms with Gasteiger partial charge in [0.15, 0.2) is 0 Å². The summed E-state index contributed by atoms with van der Waals surface area (Å²) in [7, 11) is -5.86. The normalized spacial score (nSPS) is 19.4. The van der Waals surface area contributed by atoms with Gasteiger partial charge in [-0.05, 0) is 44.2 Å². The molecule has 0 radical (unpaired) electrons. The van der Waals surface area contributed by atoms with Crippen LogP contribution in [0.1, 0.15) is 30.5 Å². The number of fused-ring (bicyclic) bond motifs is 4. The zero-order valence-corrected chi connectivity index (χ0v) is 18.1. The standard InChI is InChI=1S/C21H18F3N3O5S/c1-19(2,28)6-5-12-7-15-18(26-10-12)31-16-4-3-13(32-33(29,30)21(22,23)24)8-14(16)20(15)9-17(25)27-11-20/h3-4,7-10,27-28H,11,25H2,1-2H3/t20-/m0/s1. The predicted molar refractivity (Wildman–Crippen MR) is 111 cm³/mol. The molecule has 0 fully saturated rings. The van der Waals surface area contributed by atoms with Crippen LogP contribution in [0.2, 0.25) is 0 Å². The van der Waals surface area contributed by atoms with E-state index in [0.717, 1.165) is 12.1 Å². The van der Waals surface area contributed by atoms with E-state index in [1.807, 2.05) is 0 Å². The van der Waals surface area contributed by atoms with Crippen molar-refractivity contribution in [3.63, 3.8) is 0 Å². The van der Waals surface area contributed by atoms with Crippen LogP contribution >= 0.6 is 0 Å². The van der Waals surface area contributed by atoms with E-state index in [9.17, 15) is 26.7 Å². The van der Waals surface area contributed by atoms with Gasteiger partial charge in [-0.1, -0.05) is 11.8 Å². The molecule has 2 aliphatic rings. The number of pyridine rings is 1. The molecule has 1 aromatic carbocycles. The molecule has 8 nitrogen and oxygen atoms in total. The molecule has 2 aromatic rings. The lowest BCUT2D eigenvalue weighted by atomic mass is 9.73. The molecule has 0 amide bonds. The number of ether oxygens (including phenoxy) is 1. The fraction of sp³-hybridized carbons (Fsp3) is 0.286. The molecule has 1 atom stereocenters. The first-order valence-electron chi connectivity index (χ1n) is 9.52. The van der Waals surface area contributed by atoms with Crippen LogP contribution in [-0.4, -0.2) is 36.2 Å². The van der Waals surface area contributed by atoms with Gasteiger partial charge in [-0.2, -0.15) is 21.6 Å². The largest absolute Gasteiger partial charge is 0.534 e. The Hall–Kier alpha value is -3.43. The number of nitrogens with one attached hydrogen (secondary N) is 1. The molecule has 0 saturated heterocycles. The molecule has 3 heterocycles. The third-order valence-electron chi connectivity index (χ3n) is 4.95. The molecule has 33 heavy (non-hydrogen) atoms. The van der Waals surface area contributed by atoms with E-state index in [0.29, 0.717) is 22.5 Å². The Morgan fingerprint density at radius 3 is 2.61 bits per heavy atom. The van der Waals surface area contributed by atoms with Crippen molar-refractivity contribution in [1.29, 1.82) is 0 Å². The van der Waals surface area contributed by atoms with Gasteiger partial charge in [0.1, 0.15) is 17.1 Å². The topological polar surface area (TPSA) is 124 Å². The summed E-state index contributed by atoms with van der Waals surface area (Å²) in [5.74, 6) is 5.72. The quantitative estimate of drug-likeness (QED) is 0.339. The SMILES string of the molecule is CC(C)(O)C#Cc1cnc2c(c1)[C@]1(C=C(N)NC1)c1cc(OS(=O)(=O)C(F)(F)F)ccc1O2. The van der Waals surface area contributed by atoms with E-state index < -0.39 is 32.4 Å². The van der Waals surface area contributed by atoms with Gasteiger partial charge in [0.2, 0.25) is 5.88 Å². The van der Waals surface area contributed by atoms with Crippen molar-refractivity contribution >= 4 is 10.1 Å². The molecule has 174 valence electrons. The van der Waals surface area contributed by atoms with E-state index in [1.54, 1.807) is 12.1 Å². The summed E-state index contributed by atoms with van der Waals surface area (Å²) in [4.78, 5) is 4.30. The summed E-state index contributed by atoms with van der Waals surface area (Å²) < 4.78 is 71.5. The molecule has 4 N–H and O–H groups in total. The highest BCUT2D eigenvalue weighted by atomic mass is 32.2. The lowest BCUT2D eigenvalue weighted by molar-refractivity contribution is -0.0500. The Balaban J connectivity index is 1.85. The Morgan fingerprint density at radius 2 is 2.00 bits per heavy atom. The van der Waals surface area contributed by atoms with E-state index in [-0.39, 0.29) is 18.2 Å². The van der Waals surface area contributed by atoms with Crippen LogP contribution in [-0.2, 0) is 15.5 Å². The first kappa shape index (κ1) is 22.8. The highest BCUT2D eigenvalue weighted by Crippen LogP contribution is 2.50. The number of hydrogen-bond donors (Lipinski definition) is 3. The number of aromatic nitrogens is 1. The van der Waals surface area contributed by atoms with Crippen LogP contribution in [0, 0.1) is 11.8 Å². The molecular weight excluding hydrogens is 463 g/mol. The second-order valence-corrected chi connectivity index (χ2v) is 9.59. The van der Waals surface area contributed by atoms with Crippen molar-refractivity contribution in [3.05, 3.63) is 59.0 Å². The number of nitrogens with two attached hydrogens (primary N) is 1. The molecule has 0 unspecified atom stereocenters. The number of hydrogen-bond acceptors (Lipinski definition) is 8. The van der Waals surface area contributed by atoms with Crippen LogP contribution in [0.25, 0.3) is 0 Å². The van der Waals surface area contributed by atoms with Gasteiger partial charge in [-0.25, -0.2) is 4.98 Å². The van der Waals surface area contributed by atoms with Gasteiger partial charge < -0.3 is 25.1 Å². The first-order chi connectivity index (χ1) is 15.2. The molecule has 0 bridgehead atoms. The van der Waals surface area contributed by atoms with E-state index in [4.69, 9.17) is 10.5 Å². The number of halogens is 3. The van der Waals surface area contributed by atoms with Crippen molar-refractivity contribution in [1.82, 2.24) is 10.3 Å². The van der Waals surface area contributed by atoms with Gasteiger partial charge in [-0.15, -0.1) is 0 Å². The third kappa shape index (κ3) is 4.17. The van der Waals surface area contributed by atoms with Crippen LogP contribution in [0.4, 0.5) is 13.2 Å². The molecule has 0 saturated carbocycles. The van der Waals surface area contributed by atoms with Gasteiger partial charge in [-0.3, -0.25) is 0 Å². The zero-order valence-electron chi connectivity index (χ0n) is 17.3. The molecular formula is C21H18F3N3O5S. The average Bonchev–Trinajstić information content (AvgIpc) is 3.08. The van der Waals surface area contributed by atoms with Crippen molar-refractivity contribution in [2.45, 2.75) is 30.4 Å². The van der Waals surface area contributed by atoms with E-state index in [2.05, 4.69) is 26.3 Å². The predicted octanol–water partition coefficient (Wildman–Crippen LogP) is 2.23. The monoisotopic (exact) mass is 481 g/mol. The fourth-order valence-electron chi connectivity index (χ4n) is 3.52. The minimum atomic E-state index is -5.86. The summed E-state index contributed by atoms with van der Waals surface area (Å²) in [6.45, 7) is 3.24. The number of nitrogens with zero attached hydrogens (tertiary/aromatic N) is 1. The molecule has 12 heteroatoms. The molecule has 4 rings (SSSR count). The molecule has 1 aromatic heterocycles. The Morgan fingerprint density at radius 1 is 1.27 bits per heavy atom. The zero-order chi connectivity index (χ0) is 24.2. The number of alkyl halides is 3. The average molecular weight is 481 g/mol. The second kappa shape index (κ2) is 7.29. The summed E-state index contributed by atoms with van der Waals surface area (Å²) >= 11 is 0. The van der Waals surface area contributed by atoms with Gasteiger partial charge in [0, 0.05) is 29.4 Å². The van der Waals surface area contributed by atoms with Crippen molar-refractivity contribution < 1.29 is 35.6 Å². The van der Waals surface area contributed by atoms with Gasteiger partial charge >= 0.3 is 15.6 Å². The highest BCUT2D eigenvalue weighted by molar-refractivity contribution is 7.88. The smallest absolute Gasteiger partial charge is 0.438 e. The minimum Gasteiger partial charge on any atom is -0.438 e. The van der Waals surface area contributed by atoms with Crippen molar-refractivity contribution in [2.24, 2.45) is 5.73 Å². The van der Waals surface area contributed by atoms with Crippen molar-refractivity contribution in [2.75, 3.05) is 6.54 Å². The molecule has 1 spiro atoms. The Bertz CT molecular complexity index is 1340. The minimum absolute atomic E-state index is 0.196. The fourth-order valence-corrected chi connectivity index (χ4v) is 3.97. The summed E-state index contributed by atoms with van der Waals surface area (Å²) in [6.07, 6.45) is 3.10. The first-order valence-corrected chi connectivity index (χ1v) is 10.9. The van der Waals surface area contributed by atoms with E-state index in [1.165, 1.54) is 26.1 Å². The molecule has 2 aliphatic heterocycles. The maximum Gasteiger partial charge on any atom is 0.534 e. The summed E-state index contributed by atoms with van der Waals surface area (Å²) in [5, 5.41) is 12.8.